The molecule has 0 aromatic heterocycles. The lowest BCUT2D eigenvalue weighted by Crippen LogP contribution is -2.63. The molecule has 1 aromatic carbocycles. The van der Waals surface area contributed by atoms with E-state index in [-0.39, 0.29) is 24.0 Å². The second-order valence-electron chi connectivity index (χ2n) is 7.09. The number of esters is 1. The highest BCUT2D eigenvalue weighted by Gasteiger charge is 2.49. The minimum Gasteiger partial charge on any atom is -0.469 e. The number of hydrogen-bond acceptors (Lipinski definition) is 6. The van der Waals surface area contributed by atoms with Crippen LogP contribution in [0.2, 0.25) is 0 Å². The second kappa shape index (κ2) is 7.26. The van der Waals surface area contributed by atoms with Crippen molar-refractivity contribution in [3.05, 3.63) is 30.3 Å². The van der Waals surface area contributed by atoms with Crippen LogP contribution < -0.4 is 0 Å². The zero-order valence-electron chi connectivity index (χ0n) is 15.3. The van der Waals surface area contributed by atoms with Crippen LogP contribution in [0.25, 0.3) is 0 Å². The zero-order valence-corrected chi connectivity index (χ0v) is 16.1. The van der Waals surface area contributed by atoms with Crippen LogP contribution in [0.15, 0.2) is 35.2 Å². The molecule has 0 spiro atoms. The summed E-state index contributed by atoms with van der Waals surface area (Å²) in [5.41, 5.74) is 0. The van der Waals surface area contributed by atoms with Gasteiger partial charge in [0.05, 0.1) is 37.2 Å². The van der Waals surface area contributed by atoms with Crippen LogP contribution >= 0.6 is 0 Å². The smallest absolute Gasteiger partial charge is 0.307 e. The van der Waals surface area contributed by atoms with Crippen LogP contribution in [0.5, 0.6) is 0 Å². The van der Waals surface area contributed by atoms with Crippen LogP contribution in [0.3, 0.4) is 0 Å². The number of carbonyl (C=O) groups is 1. The van der Waals surface area contributed by atoms with Crippen molar-refractivity contribution in [3.8, 4) is 0 Å². The van der Waals surface area contributed by atoms with Gasteiger partial charge in [-0.2, -0.15) is 4.31 Å². The van der Waals surface area contributed by atoms with Gasteiger partial charge in [0, 0.05) is 6.04 Å². The number of piperidine rings is 1. The summed E-state index contributed by atoms with van der Waals surface area (Å²) in [5.74, 6) is -1.18. The Morgan fingerprint density at radius 3 is 2.62 bits per heavy atom. The summed E-state index contributed by atoms with van der Waals surface area (Å²) < 4.78 is 44.6. The number of methoxy groups -OCH3 is 1. The van der Waals surface area contributed by atoms with E-state index in [4.69, 9.17) is 14.2 Å². The molecule has 7 nitrogen and oxygen atoms in total. The van der Waals surface area contributed by atoms with Crippen LogP contribution in [-0.2, 0) is 29.0 Å². The number of ether oxygens (including phenoxy) is 3. The summed E-state index contributed by atoms with van der Waals surface area (Å²) in [4.78, 5) is 12.0. The Morgan fingerprint density at radius 2 is 1.96 bits per heavy atom. The predicted octanol–water partition coefficient (Wildman–Crippen LogP) is 1.92. The molecule has 0 aliphatic carbocycles. The van der Waals surface area contributed by atoms with Gasteiger partial charge in [-0.3, -0.25) is 4.79 Å². The van der Waals surface area contributed by atoms with E-state index in [9.17, 15) is 13.2 Å². The van der Waals surface area contributed by atoms with E-state index in [1.165, 1.54) is 11.4 Å². The van der Waals surface area contributed by atoms with Crippen molar-refractivity contribution in [3.63, 3.8) is 0 Å². The van der Waals surface area contributed by atoms with Gasteiger partial charge in [-0.05, 0) is 38.8 Å². The number of benzene rings is 1. The third kappa shape index (κ3) is 3.78. The molecule has 2 aliphatic heterocycles. The Hall–Kier alpha value is -1.48. The molecule has 0 saturated carbocycles. The number of carbonyl (C=O) groups excluding carboxylic acids is 1. The van der Waals surface area contributed by atoms with E-state index in [0.717, 1.165) is 0 Å². The molecule has 2 fully saturated rings. The number of fused-ring (bicyclic) bond motifs is 1. The van der Waals surface area contributed by atoms with Crippen LogP contribution in [0.1, 0.15) is 33.1 Å². The summed E-state index contributed by atoms with van der Waals surface area (Å²) in [6, 6.07) is 7.28. The molecule has 2 saturated heterocycles. The molecule has 2 aliphatic rings. The van der Waals surface area contributed by atoms with E-state index in [2.05, 4.69) is 0 Å². The highest BCUT2D eigenvalue weighted by atomic mass is 32.2. The maximum absolute atomic E-state index is 13.3. The van der Waals surface area contributed by atoms with Crippen molar-refractivity contribution in [1.82, 2.24) is 4.31 Å². The van der Waals surface area contributed by atoms with E-state index < -0.39 is 33.9 Å². The van der Waals surface area contributed by atoms with Crippen molar-refractivity contribution in [2.24, 2.45) is 0 Å². The molecule has 3 atom stereocenters. The van der Waals surface area contributed by atoms with Gasteiger partial charge >= 0.3 is 5.97 Å². The van der Waals surface area contributed by atoms with Crippen molar-refractivity contribution in [1.29, 1.82) is 0 Å². The molecular formula is C18H25NO6S. The lowest BCUT2D eigenvalue weighted by molar-refractivity contribution is -0.297. The fraction of sp³-hybridized carbons (Fsp3) is 0.611. The molecule has 26 heavy (non-hydrogen) atoms. The Kier molecular flexibility index (Phi) is 5.39. The van der Waals surface area contributed by atoms with Gasteiger partial charge in [0.15, 0.2) is 5.79 Å². The zero-order chi connectivity index (χ0) is 18.9. The van der Waals surface area contributed by atoms with Gasteiger partial charge in [0.1, 0.15) is 0 Å². The summed E-state index contributed by atoms with van der Waals surface area (Å²) in [7, 11) is -2.50. The van der Waals surface area contributed by atoms with E-state index >= 15 is 0 Å². The number of rotatable bonds is 4. The van der Waals surface area contributed by atoms with Crippen LogP contribution in [0, 0.1) is 0 Å². The molecular weight excluding hydrogens is 358 g/mol. The van der Waals surface area contributed by atoms with Gasteiger partial charge in [-0.1, -0.05) is 18.2 Å². The summed E-state index contributed by atoms with van der Waals surface area (Å²) in [6.07, 6.45) is 0.930. The minimum absolute atomic E-state index is 0.00910. The summed E-state index contributed by atoms with van der Waals surface area (Å²) in [5, 5.41) is 0. The molecule has 8 heteroatoms. The van der Waals surface area contributed by atoms with Gasteiger partial charge < -0.3 is 14.2 Å². The molecule has 0 bridgehead atoms. The first-order valence-electron chi connectivity index (χ1n) is 8.72. The molecule has 1 aromatic rings. The van der Waals surface area contributed by atoms with Gasteiger partial charge in [0.25, 0.3) is 0 Å². The van der Waals surface area contributed by atoms with Gasteiger partial charge in [-0.25, -0.2) is 8.42 Å². The van der Waals surface area contributed by atoms with E-state index in [1.807, 2.05) is 13.8 Å². The Labute approximate surface area is 154 Å². The summed E-state index contributed by atoms with van der Waals surface area (Å²) in [6.45, 7) is 3.86. The average Bonchev–Trinajstić information content (AvgIpc) is 2.61. The quantitative estimate of drug-likeness (QED) is 0.739. The van der Waals surface area contributed by atoms with Crippen molar-refractivity contribution >= 4 is 16.0 Å². The predicted molar refractivity (Wildman–Crippen MR) is 93.8 cm³/mol. The van der Waals surface area contributed by atoms with E-state index in [0.29, 0.717) is 12.8 Å². The van der Waals surface area contributed by atoms with Gasteiger partial charge in [-0.15, -0.1) is 0 Å². The number of nitrogens with zero attached hydrogens (tertiary/aromatic N) is 1. The highest BCUT2D eigenvalue weighted by molar-refractivity contribution is 7.89. The number of hydrogen-bond donors (Lipinski definition) is 0. The largest absolute Gasteiger partial charge is 0.469 e. The highest BCUT2D eigenvalue weighted by Crippen LogP contribution is 2.38. The number of sulfonamides is 1. The standard InChI is InChI=1S/C18H25NO6S/c1-18(2)24-12-15-16(25-18)10-9-13(11-17(20)23-3)19(15)26(21,22)14-7-5-4-6-8-14/h4-8,13,15-16H,9-12H2,1-3H3/t13-,15-,16-/m1/s1. The normalized spacial score (nSPS) is 29.0. The van der Waals surface area contributed by atoms with Crippen molar-refractivity contribution < 1.29 is 27.4 Å². The first kappa shape index (κ1) is 19.3. The lowest BCUT2D eigenvalue weighted by Gasteiger charge is -2.50. The molecule has 3 rings (SSSR count). The molecule has 0 amide bonds. The average molecular weight is 383 g/mol. The lowest BCUT2D eigenvalue weighted by atomic mass is 9.93. The Morgan fingerprint density at radius 1 is 1.27 bits per heavy atom. The van der Waals surface area contributed by atoms with Crippen molar-refractivity contribution in [2.75, 3.05) is 13.7 Å². The SMILES string of the molecule is COC(=O)C[C@H]1CC[C@H]2OC(C)(C)OC[C@H]2N1S(=O)(=O)c1ccccc1. The van der Waals surface area contributed by atoms with Crippen LogP contribution in [0.4, 0.5) is 0 Å². The van der Waals surface area contributed by atoms with Crippen LogP contribution in [-0.4, -0.2) is 56.4 Å². The molecule has 144 valence electrons. The summed E-state index contributed by atoms with van der Waals surface area (Å²) >= 11 is 0. The fourth-order valence-corrected chi connectivity index (χ4v) is 5.54. The van der Waals surface area contributed by atoms with E-state index in [1.54, 1.807) is 30.3 Å². The maximum Gasteiger partial charge on any atom is 0.307 e. The topological polar surface area (TPSA) is 82.1 Å². The van der Waals surface area contributed by atoms with Crippen molar-refractivity contribution in [2.45, 2.75) is 62.0 Å². The minimum atomic E-state index is -3.81. The second-order valence-corrected chi connectivity index (χ2v) is 8.94. The molecule has 2 heterocycles. The molecule has 0 radical (unpaired) electrons. The molecule has 0 unspecified atom stereocenters. The molecule has 0 N–H and O–H groups in total. The Balaban J connectivity index is 1.97. The fourth-order valence-electron chi connectivity index (χ4n) is 3.67. The van der Waals surface area contributed by atoms with Gasteiger partial charge in [0.2, 0.25) is 10.0 Å². The maximum atomic E-state index is 13.3. The Bertz CT molecular complexity index is 748. The first-order valence-corrected chi connectivity index (χ1v) is 10.2. The monoisotopic (exact) mass is 383 g/mol. The first-order chi connectivity index (χ1) is 12.2. The third-order valence-corrected chi connectivity index (χ3v) is 6.88. The third-order valence-electron chi connectivity index (χ3n) is 4.89.